The second-order valence-corrected chi connectivity index (χ2v) is 9.25. The number of hydrogen-bond donors (Lipinski definition) is 3. The molecule has 0 aromatic heterocycles. The first kappa shape index (κ1) is 26.7. The molecule has 2 amide bonds. The summed E-state index contributed by atoms with van der Waals surface area (Å²) in [6.07, 6.45) is -6.11. The summed E-state index contributed by atoms with van der Waals surface area (Å²) in [6, 6.07) is 5.49. The van der Waals surface area contributed by atoms with E-state index in [9.17, 15) is 27.9 Å². The van der Waals surface area contributed by atoms with E-state index < -0.39 is 48.7 Å². The van der Waals surface area contributed by atoms with Crippen LogP contribution in [0.4, 0.5) is 13.2 Å². The molecule has 1 fully saturated rings. The highest BCUT2D eigenvalue weighted by Crippen LogP contribution is 2.32. The number of aliphatic hydroxyl groups excluding tert-OH is 2. The Labute approximate surface area is 208 Å². The number of ether oxygens (including phenoxy) is 2. The number of carbonyl (C=O) groups is 2. The van der Waals surface area contributed by atoms with Crippen molar-refractivity contribution < 1.29 is 42.4 Å². The van der Waals surface area contributed by atoms with Crippen molar-refractivity contribution in [2.45, 2.75) is 37.3 Å². The van der Waals surface area contributed by atoms with Gasteiger partial charge >= 0.3 is 6.18 Å². The fraction of sp³-hybridized carbons (Fsp3) is 0.545. The van der Waals surface area contributed by atoms with Gasteiger partial charge in [-0.3, -0.25) is 9.59 Å². The monoisotopic (exact) mass is 598 g/mol. The highest BCUT2D eigenvalue weighted by molar-refractivity contribution is 14.1. The molecule has 1 heterocycles. The van der Waals surface area contributed by atoms with Gasteiger partial charge in [0.05, 0.1) is 28.7 Å². The second kappa shape index (κ2) is 11.7. The minimum Gasteiger partial charge on any atom is -0.482 e. The standard InChI is InChI=1S/C22H26F3IN2O6/c23-22(24,25)12-28(21(32)13-5-8-33-11-13)16-9-14(20(31)27-6-7-29)10-18(19(16)30)34-17-4-2-1-3-15(17)26/h1-4,10,13,16,18-19,29-30H,5-9,11-12H2,(H,27,31)/t13?,16-,18+,19+/m1/s1. The van der Waals surface area contributed by atoms with Crippen molar-refractivity contribution >= 4 is 34.4 Å². The van der Waals surface area contributed by atoms with E-state index in [1.165, 1.54) is 6.08 Å². The Morgan fingerprint density at radius 1 is 1.29 bits per heavy atom. The normalized spacial score (nSPS) is 24.9. The molecule has 0 radical (unpaired) electrons. The lowest BCUT2D eigenvalue weighted by molar-refractivity contribution is -0.175. The molecule has 188 valence electrons. The van der Waals surface area contributed by atoms with E-state index in [-0.39, 0.29) is 44.8 Å². The van der Waals surface area contributed by atoms with Crippen molar-refractivity contribution in [3.8, 4) is 5.75 Å². The van der Waals surface area contributed by atoms with Gasteiger partial charge in [-0.05, 0) is 47.2 Å². The van der Waals surface area contributed by atoms with E-state index in [0.717, 1.165) is 0 Å². The number of aliphatic hydroxyl groups is 2. The molecular formula is C22H26F3IN2O6. The van der Waals surface area contributed by atoms with Crippen LogP contribution in [0.3, 0.4) is 0 Å². The molecule has 3 N–H and O–H groups in total. The Morgan fingerprint density at radius 2 is 2.03 bits per heavy atom. The summed E-state index contributed by atoms with van der Waals surface area (Å²) >= 11 is 2.01. The zero-order chi connectivity index (χ0) is 24.9. The smallest absolute Gasteiger partial charge is 0.406 e. The maximum absolute atomic E-state index is 13.5. The Bertz CT molecular complexity index is 907. The summed E-state index contributed by atoms with van der Waals surface area (Å²) in [5.74, 6) is -1.80. The number of hydrogen-bond acceptors (Lipinski definition) is 6. The Hall–Kier alpha value is -1.90. The van der Waals surface area contributed by atoms with Gasteiger partial charge < -0.3 is 29.9 Å². The Balaban J connectivity index is 1.95. The summed E-state index contributed by atoms with van der Waals surface area (Å²) in [5.41, 5.74) is 0.0577. The molecule has 0 bridgehead atoms. The zero-order valence-electron chi connectivity index (χ0n) is 18.1. The molecule has 1 aliphatic carbocycles. The first-order valence-corrected chi connectivity index (χ1v) is 11.8. The molecule has 1 saturated heterocycles. The summed E-state index contributed by atoms with van der Waals surface area (Å²) in [4.78, 5) is 26.3. The van der Waals surface area contributed by atoms with Gasteiger partial charge in [-0.2, -0.15) is 13.2 Å². The number of nitrogens with one attached hydrogen (secondary N) is 1. The third-order valence-electron chi connectivity index (χ3n) is 5.63. The van der Waals surface area contributed by atoms with Gasteiger partial charge in [0.1, 0.15) is 24.5 Å². The highest BCUT2D eigenvalue weighted by atomic mass is 127. The van der Waals surface area contributed by atoms with E-state index in [1.54, 1.807) is 24.3 Å². The van der Waals surface area contributed by atoms with Gasteiger partial charge in [0.2, 0.25) is 11.8 Å². The van der Waals surface area contributed by atoms with Crippen LogP contribution in [0.1, 0.15) is 12.8 Å². The lowest BCUT2D eigenvalue weighted by Crippen LogP contribution is -2.58. The topological polar surface area (TPSA) is 108 Å². The van der Waals surface area contributed by atoms with Crippen molar-refractivity contribution in [3.63, 3.8) is 0 Å². The lowest BCUT2D eigenvalue weighted by Gasteiger charge is -2.41. The third-order valence-corrected chi connectivity index (χ3v) is 6.52. The first-order chi connectivity index (χ1) is 16.1. The Kier molecular flexibility index (Phi) is 9.18. The van der Waals surface area contributed by atoms with Gasteiger partial charge in [-0.25, -0.2) is 0 Å². The van der Waals surface area contributed by atoms with Crippen molar-refractivity contribution in [1.29, 1.82) is 0 Å². The number of halogens is 4. The number of rotatable bonds is 8. The molecule has 1 aliphatic heterocycles. The van der Waals surface area contributed by atoms with E-state index in [0.29, 0.717) is 14.2 Å². The third kappa shape index (κ3) is 6.83. The SMILES string of the molecule is O=C(NCCO)C1=C[C@H](Oc2ccccc2I)[C@@H](O)[C@H](N(CC(F)(F)F)C(=O)C2CCOC2)C1. The summed E-state index contributed by atoms with van der Waals surface area (Å²) in [7, 11) is 0. The second-order valence-electron chi connectivity index (χ2n) is 8.09. The number of benzene rings is 1. The molecule has 1 aromatic rings. The van der Waals surface area contributed by atoms with Gasteiger partial charge in [0.25, 0.3) is 0 Å². The molecular weight excluding hydrogens is 572 g/mol. The van der Waals surface area contributed by atoms with E-state index in [2.05, 4.69) is 5.32 Å². The average molecular weight is 598 g/mol. The molecule has 1 unspecified atom stereocenters. The van der Waals surface area contributed by atoms with Gasteiger partial charge in [0.15, 0.2) is 0 Å². The van der Waals surface area contributed by atoms with Crippen LogP contribution in [0.2, 0.25) is 0 Å². The molecule has 0 saturated carbocycles. The minimum atomic E-state index is -4.72. The van der Waals surface area contributed by atoms with E-state index in [1.807, 2.05) is 22.6 Å². The summed E-state index contributed by atoms with van der Waals surface area (Å²) in [6.45, 7) is -1.71. The maximum Gasteiger partial charge on any atom is 0.406 e. The van der Waals surface area contributed by atoms with Crippen LogP contribution in [0.5, 0.6) is 5.75 Å². The van der Waals surface area contributed by atoms with Gasteiger partial charge in [-0.15, -0.1) is 0 Å². The van der Waals surface area contributed by atoms with E-state index in [4.69, 9.17) is 14.6 Å². The van der Waals surface area contributed by atoms with Crippen LogP contribution in [0.25, 0.3) is 0 Å². The van der Waals surface area contributed by atoms with Gasteiger partial charge in [0, 0.05) is 25.1 Å². The van der Waals surface area contributed by atoms with Crippen LogP contribution in [-0.4, -0.2) is 84.3 Å². The molecule has 1 aromatic carbocycles. The largest absolute Gasteiger partial charge is 0.482 e. The number of nitrogens with zero attached hydrogens (tertiary/aromatic N) is 1. The predicted octanol–water partition coefficient (Wildman–Crippen LogP) is 1.63. The van der Waals surface area contributed by atoms with Crippen LogP contribution in [0, 0.1) is 9.49 Å². The maximum atomic E-state index is 13.5. The molecule has 34 heavy (non-hydrogen) atoms. The van der Waals surface area contributed by atoms with E-state index >= 15 is 0 Å². The fourth-order valence-corrected chi connectivity index (χ4v) is 4.50. The van der Waals surface area contributed by atoms with Crippen LogP contribution in [-0.2, 0) is 14.3 Å². The van der Waals surface area contributed by atoms with Crippen LogP contribution >= 0.6 is 22.6 Å². The van der Waals surface area contributed by atoms with Crippen LogP contribution < -0.4 is 10.1 Å². The first-order valence-electron chi connectivity index (χ1n) is 10.7. The highest BCUT2D eigenvalue weighted by Gasteiger charge is 2.46. The van der Waals surface area contributed by atoms with Crippen molar-refractivity contribution in [3.05, 3.63) is 39.5 Å². The number of carbonyl (C=O) groups excluding carboxylic acids is 2. The molecule has 8 nitrogen and oxygen atoms in total. The molecule has 3 rings (SSSR count). The number of amides is 2. The summed E-state index contributed by atoms with van der Waals surface area (Å²) < 4.78 is 52.2. The predicted molar refractivity (Wildman–Crippen MR) is 123 cm³/mol. The minimum absolute atomic E-state index is 0.00216. The lowest BCUT2D eigenvalue weighted by atomic mass is 9.87. The zero-order valence-corrected chi connectivity index (χ0v) is 20.3. The molecule has 12 heteroatoms. The fourth-order valence-electron chi connectivity index (χ4n) is 3.98. The summed E-state index contributed by atoms with van der Waals surface area (Å²) in [5, 5.41) is 22.5. The van der Waals surface area contributed by atoms with Gasteiger partial charge in [-0.1, -0.05) is 12.1 Å². The number of para-hydroxylation sites is 1. The molecule has 0 spiro atoms. The number of alkyl halides is 3. The van der Waals surface area contributed by atoms with Crippen molar-refractivity contribution in [2.24, 2.45) is 5.92 Å². The van der Waals surface area contributed by atoms with Crippen molar-refractivity contribution in [2.75, 3.05) is 32.9 Å². The Morgan fingerprint density at radius 3 is 2.65 bits per heavy atom. The average Bonchev–Trinajstić information content (AvgIpc) is 3.32. The molecule has 4 atom stereocenters. The quantitative estimate of drug-likeness (QED) is 0.393. The van der Waals surface area contributed by atoms with Crippen LogP contribution in [0.15, 0.2) is 35.9 Å². The van der Waals surface area contributed by atoms with Crippen molar-refractivity contribution in [1.82, 2.24) is 10.2 Å². The molecule has 2 aliphatic rings.